The zero-order valence-electron chi connectivity index (χ0n) is 17.7. The molecule has 2 heterocycles. The Hall–Kier alpha value is -4.00. The molecule has 0 radical (unpaired) electrons. The van der Waals surface area contributed by atoms with Crippen LogP contribution in [0.4, 0.5) is 0 Å². The molecule has 6 heteroatoms. The van der Waals surface area contributed by atoms with Gasteiger partial charge in [-0.3, -0.25) is 0 Å². The highest BCUT2D eigenvalue weighted by Gasteiger charge is 2.13. The molecule has 2 N–H and O–H groups in total. The lowest BCUT2D eigenvalue weighted by Gasteiger charge is -2.09. The summed E-state index contributed by atoms with van der Waals surface area (Å²) in [5, 5.41) is 6.06. The van der Waals surface area contributed by atoms with E-state index in [1.165, 1.54) is 6.08 Å². The second-order valence-corrected chi connectivity index (χ2v) is 9.20. The number of nitrogens with two attached hydrogens (primary N) is 1. The molecule has 0 amide bonds. The number of hydrogen-bond donors (Lipinski definition) is 1. The lowest BCUT2D eigenvalue weighted by atomic mass is 10.0. The first kappa shape index (κ1) is 20.9. The fraction of sp³-hybridized carbons (Fsp3) is 0. The second kappa shape index (κ2) is 8.50. The number of pyridine rings is 1. The number of benzene rings is 3. The van der Waals surface area contributed by atoms with E-state index in [1.54, 1.807) is 0 Å². The molecule has 0 atom stereocenters. The molecule has 0 aliphatic heterocycles. The first-order valence-corrected chi connectivity index (χ1v) is 12.0. The SMILES string of the molecule is NS(=O)(=O)C=Cc1ccc(-c2cc(-c3ccccc3)cn3cc(-c4ccccc4)nc23)cc1. The standard InChI is InChI=1S/C27H21N3O2S/c28-33(31,32)16-15-20-11-13-22(14-12-20)25-17-24(21-7-3-1-4-8-21)18-30-19-26(29-27(25)30)23-9-5-2-6-10-23/h1-19H,(H2,28,31,32). The predicted molar refractivity (Wildman–Crippen MR) is 134 cm³/mol. The highest BCUT2D eigenvalue weighted by molar-refractivity contribution is 7.92. The number of hydrogen-bond acceptors (Lipinski definition) is 3. The first-order chi connectivity index (χ1) is 16.0. The van der Waals surface area contributed by atoms with Crippen LogP contribution in [0.2, 0.25) is 0 Å². The summed E-state index contributed by atoms with van der Waals surface area (Å²) in [6.07, 6.45) is 5.62. The Morgan fingerprint density at radius 3 is 2.00 bits per heavy atom. The van der Waals surface area contributed by atoms with E-state index in [4.69, 9.17) is 10.1 Å². The van der Waals surface area contributed by atoms with E-state index >= 15 is 0 Å². The molecule has 0 spiro atoms. The highest BCUT2D eigenvalue weighted by atomic mass is 32.2. The van der Waals surface area contributed by atoms with Crippen LogP contribution < -0.4 is 5.14 Å². The van der Waals surface area contributed by atoms with E-state index in [0.717, 1.165) is 50.1 Å². The van der Waals surface area contributed by atoms with Crippen molar-refractivity contribution in [3.63, 3.8) is 0 Å². The van der Waals surface area contributed by atoms with Crippen molar-refractivity contribution in [2.75, 3.05) is 0 Å². The Bertz CT molecular complexity index is 1560. The number of rotatable bonds is 5. The number of sulfonamides is 1. The quantitative estimate of drug-likeness (QED) is 0.378. The summed E-state index contributed by atoms with van der Waals surface area (Å²) in [6, 6.07) is 30.1. The molecule has 0 aliphatic carbocycles. The number of nitrogens with zero attached hydrogens (tertiary/aromatic N) is 2. The molecule has 33 heavy (non-hydrogen) atoms. The van der Waals surface area contributed by atoms with Crippen molar-refractivity contribution in [3.8, 4) is 33.5 Å². The number of imidazole rings is 1. The molecule has 162 valence electrons. The van der Waals surface area contributed by atoms with Crippen molar-refractivity contribution in [2.45, 2.75) is 0 Å². The summed E-state index contributed by atoms with van der Waals surface area (Å²) in [5.74, 6) is 0. The van der Waals surface area contributed by atoms with Crippen molar-refractivity contribution in [2.24, 2.45) is 5.14 Å². The molecule has 0 saturated carbocycles. The van der Waals surface area contributed by atoms with Gasteiger partial charge in [0.15, 0.2) is 0 Å². The molecule has 0 fully saturated rings. The Morgan fingerprint density at radius 2 is 1.36 bits per heavy atom. The number of fused-ring (bicyclic) bond motifs is 1. The van der Waals surface area contributed by atoms with Crippen molar-refractivity contribution in [3.05, 3.63) is 114 Å². The summed E-state index contributed by atoms with van der Waals surface area (Å²) in [6.45, 7) is 0. The molecule has 0 unspecified atom stereocenters. The molecule has 5 aromatic rings. The number of aromatic nitrogens is 2. The Labute approximate surface area is 192 Å². The average Bonchev–Trinajstić information content (AvgIpc) is 3.28. The zero-order chi connectivity index (χ0) is 22.8. The normalized spacial score (nSPS) is 11.9. The van der Waals surface area contributed by atoms with Gasteiger partial charge in [0.05, 0.1) is 5.69 Å². The smallest absolute Gasteiger partial charge is 0.231 e. The van der Waals surface area contributed by atoms with Crippen molar-refractivity contribution in [1.29, 1.82) is 0 Å². The van der Waals surface area contributed by atoms with Gasteiger partial charge in [0, 0.05) is 28.9 Å². The van der Waals surface area contributed by atoms with E-state index < -0.39 is 10.0 Å². The number of primary sulfonamides is 1. The van der Waals surface area contributed by atoms with Gasteiger partial charge in [-0.15, -0.1) is 0 Å². The Kier molecular flexibility index (Phi) is 5.38. The second-order valence-electron chi connectivity index (χ2n) is 7.75. The summed E-state index contributed by atoms with van der Waals surface area (Å²) in [5.41, 5.74) is 7.71. The van der Waals surface area contributed by atoms with Crippen LogP contribution >= 0.6 is 0 Å². The monoisotopic (exact) mass is 451 g/mol. The molecule has 5 nitrogen and oxygen atoms in total. The van der Waals surface area contributed by atoms with Gasteiger partial charge < -0.3 is 4.40 Å². The Balaban J connectivity index is 1.66. The lowest BCUT2D eigenvalue weighted by molar-refractivity contribution is 0.606. The van der Waals surface area contributed by atoms with Crippen LogP contribution in [0.1, 0.15) is 5.56 Å². The maximum absolute atomic E-state index is 11.2. The van der Waals surface area contributed by atoms with E-state index in [1.807, 2.05) is 79.0 Å². The maximum Gasteiger partial charge on any atom is 0.231 e. The van der Waals surface area contributed by atoms with Gasteiger partial charge in [0.1, 0.15) is 5.65 Å². The minimum atomic E-state index is -3.67. The van der Waals surface area contributed by atoms with Gasteiger partial charge in [-0.2, -0.15) is 0 Å². The van der Waals surface area contributed by atoms with Gasteiger partial charge in [-0.05, 0) is 34.4 Å². The van der Waals surface area contributed by atoms with Gasteiger partial charge >= 0.3 is 0 Å². The molecule has 0 aliphatic rings. The summed E-state index contributed by atoms with van der Waals surface area (Å²) < 4.78 is 24.5. The van der Waals surface area contributed by atoms with Crippen LogP contribution in [0.15, 0.2) is 109 Å². The van der Waals surface area contributed by atoms with Gasteiger partial charge in [0.2, 0.25) is 10.0 Å². The Morgan fingerprint density at radius 1 is 0.727 bits per heavy atom. The lowest BCUT2D eigenvalue weighted by Crippen LogP contribution is -2.06. The fourth-order valence-electron chi connectivity index (χ4n) is 3.79. The highest BCUT2D eigenvalue weighted by Crippen LogP contribution is 2.32. The zero-order valence-corrected chi connectivity index (χ0v) is 18.5. The first-order valence-electron chi connectivity index (χ1n) is 10.4. The molecule has 2 aromatic heterocycles. The average molecular weight is 452 g/mol. The van der Waals surface area contributed by atoms with E-state index in [2.05, 4.69) is 28.8 Å². The van der Waals surface area contributed by atoms with Crippen molar-refractivity contribution >= 4 is 21.7 Å². The van der Waals surface area contributed by atoms with Gasteiger partial charge in [-0.25, -0.2) is 18.5 Å². The van der Waals surface area contributed by atoms with E-state index in [0.29, 0.717) is 0 Å². The fourth-order valence-corrected chi connectivity index (χ4v) is 4.14. The topological polar surface area (TPSA) is 77.5 Å². The third kappa shape index (κ3) is 4.62. The molecule has 0 saturated heterocycles. The van der Waals surface area contributed by atoms with E-state index in [-0.39, 0.29) is 0 Å². The van der Waals surface area contributed by atoms with Gasteiger partial charge in [0.25, 0.3) is 0 Å². The van der Waals surface area contributed by atoms with Crippen LogP contribution in [0.25, 0.3) is 45.2 Å². The minimum Gasteiger partial charge on any atom is -0.305 e. The summed E-state index contributed by atoms with van der Waals surface area (Å²) in [7, 11) is -3.67. The van der Waals surface area contributed by atoms with Crippen LogP contribution in [-0.2, 0) is 10.0 Å². The molecular formula is C27H21N3O2S. The molecular weight excluding hydrogens is 430 g/mol. The van der Waals surface area contributed by atoms with Crippen LogP contribution in [0, 0.1) is 0 Å². The summed E-state index contributed by atoms with van der Waals surface area (Å²) >= 11 is 0. The maximum atomic E-state index is 11.2. The summed E-state index contributed by atoms with van der Waals surface area (Å²) in [4.78, 5) is 4.94. The van der Waals surface area contributed by atoms with Crippen molar-refractivity contribution < 1.29 is 8.42 Å². The third-order valence-electron chi connectivity index (χ3n) is 5.40. The van der Waals surface area contributed by atoms with E-state index in [9.17, 15) is 8.42 Å². The minimum absolute atomic E-state index is 0.747. The largest absolute Gasteiger partial charge is 0.305 e. The van der Waals surface area contributed by atoms with Crippen LogP contribution in [0.5, 0.6) is 0 Å². The molecule has 3 aromatic carbocycles. The molecule has 5 rings (SSSR count). The van der Waals surface area contributed by atoms with Crippen LogP contribution in [0.3, 0.4) is 0 Å². The third-order valence-corrected chi connectivity index (χ3v) is 5.92. The van der Waals surface area contributed by atoms with Gasteiger partial charge in [-0.1, -0.05) is 84.9 Å². The van der Waals surface area contributed by atoms with Crippen molar-refractivity contribution in [1.82, 2.24) is 9.38 Å². The predicted octanol–water partition coefficient (Wildman–Crippen LogP) is 5.59. The van der Waals surface area contributed by atoms with Crippen LogP contribution in [-0.4, -0.2) is 17.8 Å². The molecule has 0 bridgehead atoms.